The molecule has 0 saturated heterocycles. The van der Waals surface area contributed by atoms with Gasteiger partial charge < -0.3 is 4.42 Å². The molecule has 0 fully saturated rings. The summed E-state index contributed by atoms with van der Waals surface area (Å²) in [5, 5.41) is 0. The second kappa shape index (κ2) is 4.65. The zero-order valence-corrected chi connectivity index (χ0v) is 10.2. The van der Waals surface area contributed by atoms with Crippen LogP contribution in [0.1, 0.15) is 34.4 Å². The highest BCUT2D eigenvalue weighted by molar-refractivity contribution is 5.38. The van der Waals surface area contributed by atoms with Crippen molar-refractivity contribution in [3.63, 3.8) is 0 Å². The molecular weight excluding hydrogens is 216 g/mol. The summed E-state index contributed by atoms with van der Waals surface area (Å²) in [5.41, 5.74) is 5.67. The number of nitrogens with one attached hydrogen (secondary N) is 1. The van der Waals surface area contributed by atoms with Crippen molar-refractivity contribution >= 4 is 0 Å². The quantitative estimate of drug-likeness (QED) is 0.620. The second-order valence-corrected chi connectivity index (χ2v) is 3.98. The van der Waals surface area contributed by atoms with E-state index in [9.17, 15) is 0 Å². The van der Waals surface area contributed by atoms with E-state index in [0.717, 1.165) is 28.3 Å². The number of hydrogen-bond donors (Lipinski definition) is 2. The van der Waals surface area contributed by atoms with Gasteiger partial charge in [0.2, 0.25) is 0 Å². The maximum absolute atomic E-state index is 5.62. The van der Waals surface area contributed by atoms with Gasteiger partial charge in [-0.05, 0) is 26.3 Å². The molecule has 2 rings (SSSR count). The highest BCUT2D eigenvalue weighted by Crippen LogP contribution is 2.29. The van der Waals surface area contributed by atoms with Crippen molar-refractivity contribution in [3.8, 4) is 0 Å². The van der Waals surface area contributed by atoms with Crippen molar-refractivity contribution in [1.29, 1.82) is 0 Å². The van der Waals surface area contributed by atoms with Crippen molar-refractivity contribution in [2.75, 3.05) is 0 Å². The van der Waals surface area contributed by atoms with Crippen LogP contribution >= 0.6 is 0 Å². The molecule has 0 aromatic carbocycles. The third-order valence-corrected chi connectivity index (χ3v) is 2.95. The molecule has 0 aliphatic carbocycles. The highest BCUT2D eigenvalue weighted by Gasteiger charge is 2.22. The lowest BCUT2D eigenvalue weighted by atomic mass is 10.0. The molecule has 0 radical (unpaired) electrons. The van der Waals surface area contributed by atoms with Gasteiger partial charge in [0.1, 0.15) is 11.5 Å². The molecule has 0 spiro atoms. The van der Waals surface area contributed by atoms with Crippen LogP contribution in [-0.4, -0.2) is 9.97 Å². The van der Waals surface area contributed by atoms with Gasteiger partial charge in [-0.2, -0.15) is 0 Å². The molecule has 2 heterocycles. The Kier molecular flexibility index (Phi) is 3.21. The van der Waals surface area contributed by atoms with Gasteiger partial charge in [-0.3, -0.25) is 15.8 Å². The molecular formula is C12H16N4O. The van der Waals surface area contributed by atoms with Gasteiger partial charge in [0.05, 0.1) is 17.9 Å². The fraction of sp³-hybridized carbons (Fsp3) is 0.333. The minimum Gasteiger partial charge on any atom is -0.466 e. The molecule has 3 N–H and O–H groups in total. The Labute approximate surface area is 100 Å². The van der Waals surface area contributed by atoms with Crippen LogP contribution in [-0.2, 0) is 0 Å². The second-order valence-electron chi connectivity index (χ2n) is 3.98. The van der Waals surface area contributed by atoms with Crippen molar-refractivity contribution < 1.29 is 4.42 Å². The lowest BCUT2D eigenvalue weighted by Gasteiger charge is -2.15. The maximum atomic E-state index is 5.62. The van der Waals surface area contributed by atoms with E-state index in [1.807, 2.05) is 20.8 Å². The number of aryl methyl sites for hydroxylation is 2. The molecule has 0 aliphatic heterocycles. The van der Waals surface area contributed by atoms with Crippen LogP contribution in [0.2, 0.25) is 0 Å². The summed E-state index contributed by atoms with van der Waals surface area (Å²) in [5.74, 6) is 7.38. The van der Waals surface area contributed by atoms with Crippen LogP contribution in [0.3, 0.4) is 0 Å². The van der Waals surface area contributed by atoms with E-state index in [4.69, 9.17) is 10.3 Å². The number of hydrazine groups is 1. The molecule has 0 amide bonds. The Morgan fingerprint density at radius 2 is 2.00 bits per heavy atom. The monoisotopic (exact) mass is 232 g/mol. The van der Waals surface area contributed by atoms with Crippen molar-refractivity contribution in [2.24, 2.45) is 5.84 Å². The van der Waals surface area contributed by atoms with E-state index >= 15 is 0 Å². The largest absolute Gasteiger partial charge is 0.466 e. The molecule has 0 aliphatic rings. The van der Waals surface area contributed by atoms with Crippen molar-refractivity contribution in [3.05, 3.63) is 46.9 Å². The zero-order valence-electron chi connectivity index (χ0n) is 10.2. The summed E-state index contributed by atoms with van der Waals surface area (Å²) in [6.45, 7) is 5.88. The third kappa shape index (κ3) is 2.07. The fourth-order valence-electron chi connectivity index (χ4n) is 2.01. The number of rotatable bonds is 3. The minimum absolute atomic E-state index is 0.193. The topological polar surface area (TPSA) is 77.0 Å². The normalized spacial score (nSPS) is 12.7. The molecule has 1 atom stereocenters. The fourth-order valence-corrected chi connectivity index (χ4v) is 2.01. The summed E-state index contributed by atoms with van der Waals surface area (Å²) in [7, 11) is 0. The Bertz CT molecular complexity index is 507. The molecule has 0 saturated carbocycles. The smallest absolute Gasteiger partial charge is 0.106 e. The number of furan rings is 1. The predicted octanol–water partition coefficient (Wildman–Crippen LogP) is 1.55. The molecule has 1 unspecified atom stereocenters. The summed E-state index contributed by atoms with van der Waals surface area (Å²) >= 11 is 0. The van der Waals surface area contributed by atoms with Crippen molar-refractivity contribution in [2.45, 2.75) is 26.8 Å². The zero-order chi connectivity index (χ0) is 12.4. The Morgan fingerprint density at radius 1 is 1.24 bits per heavy atom. The summed E-state index contributed by atoms with van der Waals surface area (Å²) in [4.78, 5) is 8.33. The van der Waals surface area contributed by atoms with Crippen LogP contribution in [0.25, 0.3) is 0 Å². The summed E-state index contributed by atoms with van der Waals surface area (Å²) in [6.07, 6.45) is 4.99. The van der Waals surface area contributed by atoms with Gasteiger partial charge in [0.15, 0.2) is 0 Å². The first kappa shape index (κ1) is 11.8. The number of hydrogen-bond acceptors (Lipinski definition) is 5. The van der Waals surface area contributed by atoms with E-state index in [2.05, 4.69) is 15.4 Å². The molecule has 17 heavy (non-hydrogen) atoms. The Balaban J connectivity index is 2.50. The first-order chi connectivity index (χ1) is 8.15. The van der Waals surface area contributed by atoms with E-state index in [1.165, 1.54) is 0 Å². The van der Waals surface area contributed by atoms with Gasteiger partial charge in [-0.1, -0.05) is 0 Å². The van der Waals surface area contributed by atoms with Crippen LogP contribution in [0.5, 0.6) is 0 Å². The summed E-state index contributed by atoms with van der Waals surface area (Å²) in [6, 6.07) is -0.193. The van der Waals surface area contributed by atoms with Gasteiger partial charge in [0, 0.05) is 18.0 Å². The van der Waals surface area contributed by atoms with Crippen LogP contribution in [0.4, 0.5) is 0 Å². The number of nitrogens with two attached hydrogens (primary N) is 1. The minimum atomic E-state index is -0.193. The maximum Gasteiger partial charge on any atom is 0.106 e. The number of aromatic nitrogens is 2. The van der Waals surface area contributed by atoms with Gasteiger partial charge >= 0.3 is 0 Å². The lowest BCUT2D eigenvalue weighted by molar-refractivity contribution is 0.493. The van der Waals surface area contributed by atoms with E-state index in [1.54, 1.807) is 18.6 Å². The third-order valence-electron chi connectivity index (χ3n) is 2.95. The van der Waals surface area contributed by atoms with Crippen molar-refractivity contribution in [1.82, 2.24) is 15.4 Å². The molecule has 90 valence electrons. The van der Waals surface area contributed by atoms with Gasteiger partial charge in [-0.25, -0.2) is 5.43 Å². The average molecular weight is 232 g/mol. The average Bonchev–Trinajstić information content (AvgIpc) is 2.58. The van der Waals surface area contributed by atoms with Gasteiger partial charge in [-0.15, -0.1) is 0 Å². The first-order valence-corrected chi connectivity index (χ1v) is 5.43. The standard InChI is InChI=1S/C12H16N4O/c1-7-8(2)17-9(3)11(7)12(16-13)10-6-14-4-5-15-10/h4-6,12,16H,13H2,1-3H3. The van der Waals surface area contributed by atoms with Crippen LogP contribution in [0, 0.1) is 20.8 Å². The van der Waals surface area contributed by atoms with Crippen LogP contribution in [0.15, 0.2) is 23.0 Å². The highest BCUT2D eigenvalue weighted by atomic mass is 16.3. The number of nitrogens with zero attached hydrogens (tertiary/aromatic N) is 2. The van der Waals surface area contributed by atoms with E-state index in [0.29, 0.717) is 0 Å². The summed E-state index contributed by atoms with van der Waals surface area (Å²) < 4.78 is 5.61. The van der Waals surface area contributed by atoms with Gasteiger partial charge in [0.25, 0.3) is 0 Å². The predicted molar refractivity (Wildman–Crippen MR) is 64.1 cm³/mol. The molecule has 5 heteroatoms. The Hall–Kier alpha value is -1.72. The van der Waals surface area contributed by atoms with Crippen LogP contribution < -0.4 is 11.3 Å². The molecule has 2 aromatic rings. The molecule has 2 aromatic heterocycles. The van der Waals surface area contributed by atoms with E-state index in [-0.39, 0.29) is 6.04 Å². The SMILES string of the molecule is Cc1oc(C)c(C(NN)c2cnccn2)c1C. The lowest BCUT2D eigenvalue weighted by Crippen LogP contribution is -2.30. The first-order valence-electron chi connectivity index (χ1n) is 5.43. The molecule has 5 nitrogen and oxygen atoms in total. The Morgan fingerprint density at radius 3 is 2.47 bits per heavy atom. The molecule has 0 bridgehead atoms. The van der Waals surface area contributed by atoms with E-state index < -0.39 is 0 Å².